The highest BCUT2D eigenvalue weighted by Crippen LogP contribution is 2.11. The summed E-state index contributed by atoms with van der Waals surface area (Å²) in [5.74, 6) is 0. The second kappa shape index (κ2) is 6.23. The summed E-state index contributed by atoms with van der Waals surface area (Å²) in [4.78, 5) is 7.49. The topological polar surface area (TPSA) is 94.5 Å². The Bertz CT molecular complexity index is 542. The van der Waals surface area contributed by atoms with Crippen molar-refractivity contribution in [3.63, 3.8) is 0 Å². The van der Waals surface area contributed by atoms with Crippen LogP contribution in [0.2, 0.25) is 0 Å². The highest BCUT2D eigenvalue weighted by molar-refractivity contribution is 7.89. The molecule has 4 N–H and O–H groups in total. The van der Waals surface area contributed by atoms with Crippen LogP contribution in [0, 0.1) is 0 Å². The van der Waals surface area contributed by atoms with Gasteiger partial charge in [-0.1, -0.05) is 0 Å². The van der Waals surface area contributed by atoms with E-state index in [2.05, 4.69) is 19.5 Å². The number of aromatic amines is 1. The van der Waals surface area contributed by atoms with E-state index in [1.807, 2.05) is 14.1 Å². The third-order valence-electron chi connectivity index (χ3n) is 3.74. The van der Waals surface area contributed by atoms with Crippen molar-refractivity contribution >= 4 is 10.0 Å². The van der Waals surface area contributed by atoms with Gasteiger partial charge in [0.1, 0.15) is 0 Å². The Hall–Kier alpha value is -0.930. The molecule has 20 heavy (non-hydrogen) atoms. The molecule has 2 heterocycles. The molecule has 1 fully saturated rings. The number of nitrogens with one attached hydrogen (secondary N) is 2. The Labute approximate surface area is 120 Å². The van der Waals surface area contributed by atoms with Crippen molar-refractivity contribution in [3.8, 4) is 0 Å². The van der Waals surface area contributed by atoms with E-state index < -0.39 is 10.0 Å². The molecule has 1 saturated heterocycles. The highest BCUT2D eigenvalue weighted by atomic mass is 32.2. The average Bonchev–Trinajstić information content (AvgIpc) is 2.89. The summed E-state index contributed by atoms with van der Waals surface area (Å²) in [7, 11) is 0.601. The number of hydrogen-bond acceptors (Lipinski definition) is 5. The number of piperazine rings is 1. The maximum absolute atomic E-state index is 12.2. The van der Waals surface area contributed by atoms with Crippen molar-refractivity contribution in [2.75, 3.05) is 40.3 Å². The molecule has 0 aromatic carbocycles. The van der Waals surface area contributed by atoms with Gasteiger partial charge in [0.15, 0.2) is 0 Å². The minimum absolute atomic E-state index is 0.191. The molecule has 8 heteroatoms. The van der Waals surface area contributed by atoms with Crippen LogP contribution >= 0.6 is 0 Å². The van der Waals surface area contributed by atoms with Crippen molar-refractivity contribution in [2.45, 2.75) is 17.5 Å². The molecule has 0 spiro atoms. The number of H-pyrrole nitrogens is 1. The van der Waals surface area contributed by atoms with Gasteiger partial charge in [-0.05, 0) is 20.2 Å². The van der Waals surface area contributed by atoms with Crippen LogP contribution in [-0.2, 0) is 16.6 Å². The smallest absolute Gasteiger partial charge is 0.242 e. The molecule has 7 nitrogen and oxygen atoms in total. The van der Waals surface area contributed by atoms with Gasteiger partial charge in [0.25, 0.3) is 0 Å². The standard InChI is InChI=1S/C12H23N5O2S/c1-16-3-4-17(2)11(9-16)7-15-20(18,19)12-5-10(6-13)14-8-12/h5,8,11,14-15H,3-4,6-7,9,13H2,1-2H3. The lowest BCUT2D eigenvalue weighted by molar-refractivity contribution is 0.117. The zero-order valence-electron chi connectivity index (χ0n) is 12.0. The lowest BCUT2D eigenvalue weighted by atomic mass is 10.2. The summed E-state index contributed by atoms with van der Waals surface area (Å²) in [6.07, 6.45) is 1.47. The SMILES string of the molecule is CN1CCN(C)C(CNS(=O)(=O)c2c[nH]c(CN)c2)C1. The monoisotopic (exact) mass is 301 g/mol. The van der Waals surface area contributed by atoms with Crippen LogP contribution in [-0.4, -0.2) is 69.5 Å². The van der Waals surface area contributed by atoms with Gasteiger partial charge in [-0.3, -0.25) is 4.90 Å². The van der Waals surface area contributed by atoms with Crippen LogP contribution in [0.3, 0.4) is 0 Å². The number of nitrogens with two attached hydrogens (primary N) is 1. The fourth-order valence-electron chi connectivity index (χ4n) is 2.30. The molecule has 2 rings (SSSR count). The van der Waals surface area contributed by atoms with E-state index in [4.69, 9.17) is 5.73 Å². The number of rotatable bonds is 5. The molecule has 1 atom stereocenters. The number of aromatic nitrogens is 1. The molecular weight excluding hydrogens is 278 g/mol. The summed E-state index contributed by atoms with van der Waals surface area (Å²) in [6, 6.07) is 1.76. The summed E-state index contributed by atoms with van der Waals surface area (Å²) in [5.41, 5.74) is 6.18. The van der Waals surface area contributed by atoms with E-state index in [0.717, 1.165) is 19.6 Å². The molecule has 0 saturated carbocycles. The first-order valence-corrected chi connectivity index (χ1v) is 8.16. The van der Waals surface area contributed by atoms with Crippen molar-refractivity contribution < 1.29 is 8.42 Å². The van der Waals surface area contributed by atoms with Crippen LogP contribution < -0.4 is 10.5 Å². The number of likely N-dealkylation sites (N-methyl/N-ethyl adjacent to an activating group) is 2. The van der Waals surface area contributed by atoms with Gasteiger partial charge >= 0.3 is 0 Å². The van der Waals surface area contributed by atoms with Gasteiger partial charge in [-0.2, -0.15) is 0 Å². The maximum Gasteiger partial charge on any atom is 0.242 e. The molecule has 0 amide bonds. The summed E-state index contributed by atoms with van der Waals surface area (Å²) < 4.78 is 27.1. The fourth-order valence-corrected chi connectivity index (χ4v) is 3.39. The van der Waals surface area contributed by atoms with Gasteiger partial charge in [-0.25, -0.2) is 13.1 Å². The van der Waals surface area contributed by atoms with Crippen LogP contribution in [0.5, 0.6) is 0 Å². The highest BCUT2D eigenvalue weighted by Gasteiger charge is 2.24. The molecule has 1 aliphatic rings. The van der Waals surface area contributed by atoms with E-state index in [1.165, 1.54) is 6.20 Å². The van der Waals surface area contributed by atoms with Gasteiger partial charge in [-0.15, -0.1) is 0 Å². The minimum atomic E-state index is -3.47. The third-order valence-corrected chi connectivity index (χ3v) is 5.14. The fraction of sp³-hybridized carbons (Fsp3) is 0.667. The molecule has 1 aromatic heterocycles. The van der Waals surface area contributed by atoms with Crippen LogP contribution in [0.15, 0.2) is 17.2 Å². The van der Waals surface area contributed by atoms with Crippen LogP contribution in [0.1, 0.15) is 5.69 Å². The van der Waals surface area contributed by atoms with Gasteiger partial charge < -0.3 is 15.6 Å². The lowest BCUT2D eigenvalue weighted by Crippen LogP contribution is -2.54. The Morgan fingerprint density at radius 1 is 1.45 bits per heavy atom. The second-order valence-electron chi connectivity index (χ2n) is 5.31. The first-order chi connectivity index (χ1) is 9.42. The first kappa shape index (κ1) is 15.5. The van der Waals surface area contributed by atoms with Crippen molar-refractivity contribution in [3.05, 3.63) is 18.0 Å². The average molecular weight is 301 g/mol. The van der Waals surface area contributed by atoms with E-state index in [1.54, 1.807) is 6.07 Å². The third kappa shape index (κ3) is 3.58. The molecule has 1 aliphatic heterocycles. The molecule has 1 aromatic rings. The minimum Gasteiger partial charge on any atom is -0.363 e. The van der Waals surface area contributed by atoms with Crippen LogP contribution in [0.4, 0.5) is 0 Å². The largest absolute Gasteiger partial charge is 0.363 e. The predicted molar refractivity (Wildman–Crippen MR) is 77.8 cm³/mol. The second-order valence-corrected chi connectivity index (χ2v) is 7.08. The summed E-state index contributed by atoms with van der Waals surface area (Å²) >= 11 is 0. The first-order valence-electron chi connectivity index (χ1n) is 6.68. The zero-order chi connectivity index (χ0) is 14.8. The van der Waals surface area contributed by atoms with Crippen molar-refractivity contribution in [1.82, 2.24) is 19.5 Å². The Morgan fingerprint density at radius 3 is 2.85 bits per heavy atom. The molecule has 0 radical (unpaired) electrons. The summed E-state index contributed by atoms with van der Waals surface area (Å²) in [6.45, 7) is 3.53. The molecule has 0 aliphatic carbocycles. The molecular formula is C12H23N5O2S. The Balaban J connectivity index is 1.98. The van der Waals surface area contributed by atoms with E-state index >= 15 is 0 Å². The molecule has 0 bridgehead atoms. The number of nitrogens with zero attached hydrogens (tertiary/aromatic N) is 2. The van der Waals surface area contributed by atoms with Gasteiger partial charge in [0.2, 0.25) is 10.0 Å². The number of hydrogen-bond donors (Lipinski definition) is 3. The van der Waals surface area contributed by atoms with Crippen molar-refractivity contribution in [1.29, 1.82) is 0 Å². The molecule has 114 valence electrons. The lowest BCUT2D eigenvalue weighted by Gasteiger charge is -2.37. The van der Waals surface area contributed by atoms with Crippen molar-refractivity contribution in [2.24, 2.45) is 5.73 Å². The summed E-state index contributed by atoms with van der Waals surface area (Å²) in [5, 5.41) is 0. The quantitative estimate of drug-likeness (QED) is 0.648. The molecule has 1 unspecified atom stereocenters. The predicted octanol–water partition coefficient (Wildman–Crippen LogP) is -1.00. The normalized spacial score (nSPS) is 22.2. The van der Waals surface area contributed by atoms with E-state index in [0.29, 0.717) is 18.8 Å². The maximum atomic E-state index is 12.2. The van der Waals surface area contributed by atoms with Gasteiger partial charge in [0.05, 0.1) is 4.90 Å². The Morgan fingerprint density at radius 2 is 2.20 bits per heavy atom. The van der Waals surface area contributed by atoms with E-state index in [9.17, 15) is 8.42 Å². The zero-order valence-corrected chi connectivity index (χ0v) is 12.8. The Kier molecular flexibility index (Phi) is 4.82. The van der Waals surface area contributed by atoms with Gasteiger partial charge in [0, 0.05) is 50.7 Å². The number of sulfonamides is 1. The van der Waals surface area contributed by atoms with E-state index in [-0.39, 0.29) is 10.9 Å². The van der Waals surface area contributed by atoms with Crippen LogP contribution in [0.25, 0.3) is 0 Å².